The van der Waals surface area contributed by atoms with E-state index in [0.717, 1.165) is 17.0 Å². The van der Waals surface area contributed by atoms with Crippen molar-refractivity contribution in [3.63, 3.8) is 0 Å². The van der Waals surface area contributed by atoms with Crippen LogP contribution in [0.4, 0.5) is 0 Å². The summed E-state index contributed by atoms with van der Waals surface area (Å²) in [4.78, 5) is 0.174. The molecule has 0 saturated carbocycles. The molecule has 0 fully saturated rings. The van der Waals surface area contributed by atoms with Crippen molar-refractivity contribution in [3.05, 3.63) is 72.1 Å². The summed E-state index contributed by atoms with van der Waals surface area (Å²) in [5.74, 6) is 0.728. The molecule has 27 heavy (non-hydrogen) atoms. The summed E-state index contributed by atoms with van der Waals surface area (Å²) >= 11 is 0. The zero-order valence-electron chi connectivity index (χ0n) is 14.4. The number of aromatic nitrogens is 2. The molecule has 0 spiro atoms. The molecule has 4 rings (SSSR count). The zero-order chi connectivity index (χ0) is 18.9. The molecule has 2 heterocycles. The average molecular weight is 385 g/mol. The third-order valence-electron chi connectivity index (χ3n) is 4.48. The minimum Gasteiger partial charge on any atom is -0.493 e. The molecule has 0 radical (unpaired) electrons. The van der Waals surface area contributed by atoms with E-state index in [1.165, 1.54) is 6.07 Å². The van der Waals surface area contributed by atoms with Crippen molar-refractivity contribution in [1.82, 2.24) is 14.5 Å². The molecule has 7 nitrogen and oxygen atoms in total. The van der Waals surface area contributed by atoms with E-state index in [1.807, 2.05) is 24.4 Å². The highest BCUT2D eigenvalue weighted by atomic mass is 32.2. The number of nitrogens with zero attached hydrogens (tertiary/aromatic N) is 2. The Morgan fingerprint density at radius 1 is 1.22 bits per heavy atom. The Bertz CT molecular complexity index is 1030. The third kappa shape index (κ3) is 3.73. The monoisotopic (exact) mass is 385 g/mol. The molecule has 0 saturated heterocycles. The van der Waals surface area contributed by atoms with Gasteiger partial charge in [-0.25, -0.2) is 17.8 Å². The van der Waals surface area contributed by atoms with Crippen molar-refractivity contribution in [3.8, 4) is 11.4 Å². The molecular formula is C19H19N3O4S. The van der Waals surface area contributed by atoms with Crippen LogP contribution >= 0.6 is 0 Å². The van der Waals surface area contributed by atoms with Gasteiger partial charge in [0, 0.05) is 25.4 Å². The maximum absolute atomic E-state index is 12.5. The fourth-order valence-electron chi connectivity index (χ4n) is 2.99. The molecule has 1 aliphatic heterocycles. The summed E-state index contributed by atoms with van der Waals surface area (Å²) in [5.41, 5.74) is 2.36. The quantitative estimate of drug-likeness (QED) is 0.675. The lowest BCUT2D eigenvalue weighted by molar-refractivity contribution is 0.182. The van der Waals surface area contributed by atoms with Crippen LogP contribution in [0.2, 0.25) is 0 Å². The van der Waals surface area contributed by atoms with Gasteiger partial charge in [-0.2, -0.15) is 5.10 Å². The number of ether oxygens (including phenoxy) is 1. The van der Waals surface area contributed by atoms with E-state index >= 15 is 0 Å². The van der Waals surface area contributed by atoms with Gasteiger partial charge in [0.05, 0.1) is 23.3 Å². The van der Waals surface area contributed by atoms with Gasteiger partial charge in [-0.05, 0) is 47.5 Å². The molecule has 0 bridgehead atoms. The van der Waals surface area contributed by atoms with Gasteiger partial charge in [-0.1, -0.05) is 12.1 Å². The maximum Gasteiger partial charge on any atom is 0.240 e. The lowest BCUT2D eigenvalue weighted by Crippen LogP contribution is -2.28. The Morgan fingerprint density at radius 3 is 2.78 bits per heavy atom. The average Bonchev–Trinajstić information content (AvgIpc) is 3.37. The molecule has 2 aromatic carbocycles. The molecule has 3 aromatic rings. The molecule has 140 valence electrons. The second kappa shape index (κ2) is 7.15. The first kappa shape index (κ1) is 17.7. The number of aliphatic hydroxyl groups is 1. The highest BCUT2D eigenvalue weighted by Crippen LogP contribution is 2.27. The number of benzene rings is 2. The SMILES string of the molecule is O=S(=O)(NCC(O)c1ccc(-n2cccn2)cc1)c1ccc2c(c1)CCO2. The predicted octanol–water partition coefficient (Wildman–Crippen LogP) is 1.82. The first-order valence-corrected chi connectivity index (χ1v) is 10.0. The molecule has 1 aliphatic rings. The van der Waals surface area contributed by atoms with Crippen LogP contribution in [0.25, 0.3) is 5.69 Å². The lowest BCUT2D eigenvalue weighted by atomic mass is 10.1. The van der Waals surface area contributed by atoms with Gasteiger partial charge in [-0.15, -0.1) is 0 Å². The molecule has 8 heteroatoms. The predicted molar refractivity (Wildman–Crippen MR) is 99.4 cm³/mol. The van der Waals surface area contributed by atoms with Gasteiger partial charge < -0.3 is 9.84 Å². The Labute approximate surface area is 157 Å². The number of aliphatic hydroxyl groups excluding tert-OH is 1. The van der Waals surface area contributed by atoms with Crippen LogP contribution in [-0.4, -0.2) is 36.5 Å². The topological polar surface area (TPSA) is 93.5 Å². The van der Waals surface area contributed by atoms with Crippen LogP contribution < -0.4 is 9.46 Å². The van der Waals surface area contributed by atoms with E-state index in [-0.39, 0.29) is 11.4 Å². The second-order valence-electron chi connectivity index (χ2n) is 6.28. The minimum atomic E-state index is -3.71. The summed E-state index contributed by atoms with van der Waals surface area (Å²) in [6.45, 7) is 0.455. The number of hydrogen-bond acceptors (Lipinski definition) is 5. The van der Waals surface area contributed by atoms with Gasteiger partial charge >= 0.3 is 0 Å². The summed E-state index contributed by atoms with van der Waals surface area (Å²) in [6, 6.07) is 13.8. The van der Waals surface area contributed by atoms with Crippen molar-refractivity contribution in [1.29, 1.82) is 0 Å². The van der Waals surface area contributed by atoms with Gasteiger partial charge in [0.25, 0.3) is 0 Å². The highest BCUT2D eigenvalue weighted by Gasteiger charge is 2.20. The summed E-state index contributed by atoms with van der Waals surface area (Å²) in [6.07, 6.45) is 3.25. The van der Waals surface area contributed by atoms with E-state index < -0.39 is 16.1 Å². The van der Waals surface area contributed by atoms with Crippen LogP contribution in [0.1, 0.15) is 17.2 Å². The minimum absolute atomic E-state index is 0.114. The molecule has 0 aliphatic carbocycles. The highest BCUT2D eigenvalue weighted by molar-refractivity contribution is 7.89. The molecule has 1 unspecified atom stereocenters. The Hall–Kier alpha value is -2.68. The van der Waals surface area contributed by atoms with E-state index in [0.29, 0.717) is 18.6 Å². The summed E-state index contributed by atoms with van der Waals surface area (Å²) in [5, 5.41) is 14.5. The van der Waals surface area contributed by atoms with Crippen LogP contribution in [0.3, 0.4) is 0 Å². The Kier molecular flexibility index (Phi) is 4.69. The van der Waals surface area contributed by atoms with Crippen LogP contribution in [-0.2, 0) is 16.4 Å². The number of fused-ring (bicyclic) bond motifs is 1. The Balaban J connectivity index is 1.43. The molecule has 1 atom stereocenters. The van der Waals surface area contributed by atoms with Gasteiger partial charge in [-0.3, -0.25) is 0 Å². The van der Waals surface area contributed by atoms with Crippen molar-refractivity contribution < 1.29 is 18.3 Å². The third-order valence-corrected chi connectivity index (χ3v) is 5.91. The second-order valence-corrected chi connectivity index (χ2v) is 8.04. The molecule has 1 aromatic heterocycles. The van der Waals surface area contributed by atoms with Crippen LogP contribution in [0.15, 0.2) is 65.8 Å². The fourth-order valence-corrected chi connectivity index (χ4v) is 4.08. The van der Waals surface area contributed by atoms with Crippen LogP contribution in [0, 0.1) is 0 Å². The van der Waals surface area contributed by atoms with Crippen molar-refractivity contribution in [2.24, 2.45) is 0 Å². The van der Waals surface area contributed by atoms with Crippen LogP contribution in [0.5, 0.6) is 5.75 Å². The van der Waals surface area contributed by atoms with E-state index in [9.17, 15) is 13.5 Å². The lowest BCUT2D eigenvalue weighted by Gasteiger charge is -2.14. The number of rotatable bonds is 6. The van der Waals surface area contributed by atoms with Crippen molar-refractivity contribution >= 4 is 10.0 Å². The van der Waals surface area contributed by atoms with E-state index in [2.05, 4.69) is 9.82 Å². The number of hydrogen-bond donors (Lipinski definition) is 2. The largest absolute Gasteiger partial charge is 0.493 e. The van der Waals surface area contributed by atoms with Gasteiger partial charge in [0.2, 0.25) is 10.0 Å². The first-order chi connectivity index (χ1) is 13.0. The number of sulfonamides is 1. The standard InChI is InChI=1S/C19H19N3O4S/c23-18(14-2-4-16(5-3-14)22-10-1-9-20-22)13-21-27(24,25)17-6-7-19-15(12-17)8-11-26-19/h1-7,9-10,12,18,21,23H,8,11,13H2. The van der Waals surface area contributed by atoms with Crippen molar-refractivity contribution in [2.75, 3.05) is 13.2 Å². The summed E-state index contributed by atoms with van der Waals surface area (Å²) < 4.78 is 34.6. The molecule has 0 amide bonds. The van der Waals surface area contributed by atoms with Gasteiger partial charge in [0.1, 0.15) is 5.75 Å². The van der Waals surface area contributed by atoms with E-state index in [4.69, 9.17) is 4.74 Å². The molecule has 2 N–H and O–H groups in total. The van der Waals surface area contributed by atoms with E-state index in [1.54, 1.807) is 35.1 Å². The Morgan fingerprint density at radius 2 is 2.04 bits per heavy atom. The van der Waals surface area contributed by atoms with Crippen molar-refractivity contribution in [2.45, 2.75) is 17.4 Å². The molecular weight excluding hydrogens is 366 g/mol. The normalized spacial score (nSPS) is 14.6. The first-order valence-electron chi connectivity index (χ1n) is 8.56. The summed E-state index contributed by atoms with van der Waals surface area (Å²) in [7, 11) is -3.71. The van der Waals surface area contributed by atoms with Gasteiger partial charge in [0.15, 0.2) is 0 Å². The number of nitrogens with one attached hydrogen (secondary N) is 1. The zero-order valence-corrected chi connectivity index (χ0v) is 15.3. The fraction of sp³-hybridized carbons (Fsp3) is 0.211. The maximum atomic E-state index is 12.5. The smallest absolute Gasteiger partial charge is 0.240 e.